The highest BCUT2D eigenvalue weighted by atomic mass is 15.2. The maximum absolute atomic E-state index is 3.35. The molecule has 2 nitrogen and oxygen atoms in total. The van der Waals surface area contributed by atoms with Crippen LogP contribution in [0.1, 0.15) is 26.2 Å². The van der Waals surface area contributed by atoms with E-state index in [-0.39, 0.29) is 0 Å². The maximum Gasteiger partial charge on any atom is 0.0969 e. The van der Waals surface area contributed by atoms with Gasteiger partial charge < -0.3 is 10.2 Å². The molecule has 0 unspecified atom stereocenters. The number of nitrogens with zero attached hydrogens (tertiary/aromatic N) is 1. The second-order valence-electron chi connectivity index (χ2n) is 3.08. The second-order valence-corrected chi connectivity index (χ2v) is 3.08. The van der Waals surface area contributed by atoms with E-state index in [1.165, 1.54) is 31.6 Å². The highest BCUT2D eigenvalue weighted by Gasteiger charge is 2.06. The third-order valence-corrected chi connectivity index (χ3v) is 2.05. The first-order valence-electron chi connectivity index (χ1n) is 4.49. The summed E-state index contributed by atoms with van der Waals surface area (Å²) in [7, 11) is 2.15. The van der Waals surface area contributed by atoms with Gasteiger partial charge >= 0.3 is 0 Å². The molecule has 64 valence electrons. The van der Waals surface area contributed by atoms with E-state index in [1.807, 2.05) is 0 Å². The predicted octanol–water partition coefficient (Wildman–Crippen LogP) is 1.55. The van der Waals surface area contributed by atoms with Crippen LogP contribution in [0.15, 0.2) is 11.9 Å². The Balaban J connectivity index is 2.23. The number of nitrogens with one attached hydrogen (secondary N) is 1. The molecule has 0 bridgehead atoms. The standard InChI is InChI=1S/C9H18N2/c1-3-4-8-11(2)9-6-5-7-10-9/h6,10H,3-5,7-8H2,1-2H3. The van der Waals surface area contributed by atoms with Crippen molar-refractivity contribution in [3.05, 3.63) is 11.9 Å². The number of unbranched alkanes of at least 4 members (excludes halogenated alkanes) is 1. The van der Waals surface area contributed by atoms with Gasteiger partial charge in [0.05, 0.1) is 5.82 Å². The zero-order valence-corrected chi connectivity index (χ0v) is 7.56. The molecule has 2 heteroatoms. The smallest absolute Gasteiger partial charge is 0.0969 e. The molecule has 1 aliphatic heterocycles. The van der Waals surface area contributed by atoms with Crippen LogP contribution in [0.4, 0.5) is 0 Å². The van der Waals surface area contributed by atoms with Gasteiger partial charge in [0.1, 0.15) is 0 Å². The van der Waals surface area contributed by atoms with Gasteiger partial charge in [-0.05, 0) is 18.9 Å². The van der Waals surface area contributed by atoms with Gasteiger partial charge in [-0.15, -0.1) is 0 Å². The van der Waals surface area contributed by atoms with Gasteiger partial charge in [-0.2, -0.15) is 0 Å². The minimum Gasteiger partial charge on any atom is -0.372 e. The largest absolute Gasteiger partial charge is 0.372 e. The molecule has 0 aromatic heterocycles. The van der Waals surface area contributed by atoms with Gasteiger partial charge in [-0.25, -0.2) is 0 Å². The molecule has 0 saturated heterocycles. The minimum atomic E-state index is 1.12. The summed E-state index contributed by atoms with van der Waals surface area (Å²) in [5, 5.41) is 3.35. The van der Waals surface area contributed by atoms with Gasteiger partial charge in [-0.1, -0.05) is 13.3 Å². The van der Waals surface area contributed by atoms with E-state index in [2.05, 4.69) is 30.3 Å². The molecule has 0 aliphatic carbocycles. The van der Waals surface area contributed by atoms with Crippen molar-refractivity contribution in [2.45, 2.75) is 26.2 Å². The molecule has 0 atom stereocenters. The lowest BCUT2D eigenvalue weighted by Crippen LogP contribution is -2.26. The summed E-state index contributed by atoms with van der Waals surface area (Å²) in [6.07, 6.45) is 6.02. The Morgan fingerprint density at radius 1 is 1.64 bits per heavy atom. The highest BCUT2D eigenvalue weighted by Crippen LogP contribution is 2.06. The van der Waals surface area contributed by atoms with Gasteiger partial charge in [-0.3, -0.25) is 0 Å². The molecule has 0 aromatic carbocycles. The van der Waals surface area contributed by atoms with Crippen LogP contribution in [0.5, 0.6) is 0 Å². The first-order chi connectivity index (χ1) is 5.34. The monoisotopic (exact) mass is 154 g/mol. The third-order valence-electron chi connectivity index (χ3n) is 2.05. The molecule has 0 aromatic rings. The molecule has 0 saturated carbocycles. The summed E-state index contributed by atoms with van der Waals surface area (Å²) in [5.41, 5.74) is 0. The van der Waals surface area contributed by atoms with E-state index >= 15 is 0 Å². The Hall–Kier alpha value is -0.660. The molecule has 0 spiro atoms. The molecule has 1 heterocycles. The van der Waals surface area contributed by atoms with Gasteiger partial charge in [0.25, 0.3) is 0 Å². The molecule has 11 heavy (non-hydrogen) atoms. The van der Waals surface area contributed by atoms with Crippen molar-refractivity contribution in [2.24, 2.45) is 0 Å². The van der Waals surface area contributed by atoms with Crippen LogP contribution >= 0.6 is 0 Å². The van der Waals surface area contributed by atoms with Crippen molar-refractivity contribution in [1.82, 2.24) is 10.2 Å². The van der Waals surface area contributed by atoms with Crippen LogP contribution < -0.4 is 5.32 Å². The Labute approximate surface area is 69.3 Å². The first-order valence-corrected chi connectivity index (χ1v) is 4.49. The van der Waals surface area contributed by atoms with E-state index in [0.29, 0.717) is 0 Å². The summed E-state index contributed by atoms with van der Waals surface area (Å²) in [6.45, 7) is 4.52. The molecular formula is C9H18N2. The van der Waals surface area contributed by atoms with Gasteiger partial charge in [0.15, 0.2) is 0 Å². The lowest BCUT2D eigenvalue weighted by Gasteiger charge is -2.20. The average molecular weight is 154 g/mol. The molecule has 0 amide bonds. The summed E-state index contributed by atoms with van der Waals surface area (Å²) in [5.74, 6) is 1.32. The molecule has 1 rings (SSSR count). The Morgan fingerprint density at radius 3 is 3.00 bits per heavy atom. The lowest BCUT2D eigenvalue weighted by molar-refractivity contribution is 0.385. The normalized spacial score (nSPS) is 16.0. The number of hydrogen-bond donors (Lipinski definition) is 1. The molecular weight excluding hydrogens is 136 g/mol. The average Bonchev–Trinajstić information content (AvgIpc) is 2.52. The van der Waals surface area contributed by atoms with Crippen molar-refractivity contribution in [3.8, 4) is 0 Å². The Bertz CT molecular complexity index is 140. The van der Waals surface area contributed by atoms with Crippen LogP contribution in [0.2, 0.25) is 0 Å². The quantitative estimate of drug-likeness (QED) is 0.661. The van der Waals surface area contributed by atoms with Crippen LogP contribution in [-0.4, -0.2) is 25.0 Å². The summed E-state index contributed by atoms with van der Waals surface area (Å²) in [6, 6.07) is 0. The van der Waals surface area contributed by atoms with Crippen molar-refractivity contribution in [3.63, 3.8) is 0 Å². The lowest BCUT2D eigenvalue weighted by atomic mass is 10.3. The highest BCUT2D eigenvalue weighted by molar-refractivity contribution is 5.03. The van der Waals surface area contributed by atoms with Crippen molar-refractivity contribution >= 4 is 0 Å². The predicted molar refractivity (Wildman–Crippen MR) is 48.2 cm³/mol. The summed E-state index contributed by atoms with van der Waals surface area (Å²) >= 11 is 0. The zero-order chi connectivity index (χ0) is 8.10. The molecule has 1 aliphatic rings. The zero-order valence-electron chi connectivity index (χ0n) is 7.56. The molecule has 0 radical (unpaired) electrons. The van der Waals surface area contributed by atoms with Crippen LogP contribution in [0, 0.1) is 0 Å². The van der Waals surface area contributed by atoms with Gasteiger partial charge in [0.2, 0.25) is 0 Å². The molecule has 0 fully saturated rings. The molecule has 1 N–H and O–H groups in total. The minimum absolute atomic E-state index is 1.12. The van der Waals surface area contributed by atoms with E-state index in [4.69, 9.17) is 0 Å². The van der Waals surface area contributed by atoms with E-state index in [0.717, 1.165) is 6.54 Å². The van der Waals surface area contributed by atoms with Crippen molar-refractivity contribution < 1.29 is 0 Å². The maximum atomic E-state index is 3.35. The fourth-order valence-corrected chi connectivity index (χ4v) is 1.29. The Morgan fingerprint density at radius 2 is 2.45 bits per heavy atom. The van der Waals surface area contributed by atoms with E-state index in [1.54, 1.807) is 0 Å². The van der Waals surface area contributed by atoms with Crippen molar-refractivity contribution in [1.29, 1.82) is 0 Å². The van der Waals surface area contributed by atoms with Crippen LogP contribution in [0.3, 0.4) is 0 Å². The Kier molecular flexibility index (Phi) is 3.27. The van der Waals surface area contributed by atoms with Crippen molar-refractivity contribution in [2.75, 3.05) is 20.1 Å². The fourth-order valence-electron chi connectivity index (χ4n) is 1.29. The second kappa shape index (κ2) is 4.27. The first kappa shape index (κ1) is 8.44. The fraction of sp³-hybridized carbons (Fsp3) is 0.778. The summed E-state index contributed by atoms with van der Waals surface area (Å²) in [4.78, 5) is 2.30. The number of rotatable bonds is 4. The van der Waals surface area contributed by atoms with Crippen LogP contribution in [0.25, 0.3) is 0 Å². The van der Waals surface area contributed by atoms with E-state index in [9.17, 15) is 0 Å². The van der Waals surface area contributed by atoms with E-state index < -0.39 is 0 Å². The SMILES string of the molecule is CCCCN(C)C1=CCCN1. The topological polar surface area (TPSA) is 15.3 Å². The van der Waals surface area contributed by atoms with Gasteiger partial charge in [0, 0.05) is 20.1 Å². The van der Waals surface area contributed by atoms with Crippen LogP contribution in [-0.2, 0) is 0 Å². The number of hydrogen-bond acceptors (Lipinski definition) is 2. The summed E-state index contributed by atoms with van der Waals surface area (Å²) < 4.78 is 0. The third kappa shape index (κ3) is 2.45.